The summed E-state index contributed by atoms with van der Waals surface area (Å²) in [6, 6.07) is 21.8. The van der Waals surface area contributed by atoms with Crippen LogP contribution in [0.3, 0.4) is 0 Å². The van der Waals surface area contributed by atoms with Crippen LogP contribution in [0.4, 0.5) is 5.69 Å². The Hall–Kier alpha value is -3.28. The summed E-state index contributed by atoms with van der Waals surface area (Å²) in [5, 5.41) is 12.9. The van der Waals surface area contributed by atoms with Crippen LogP contribution in [0.2, 0.25) is 0 Å². The molecule has 0 heterocycles. The first-order valence-corrected chi connectivity index (χ1v) is 10.9. The Morgan fingerprint density at radius 1 is 0.969 bits per heavy atom. The third-order valence-electron chi connectivity index (χ3n) is 5.25. The molecular weight excluding hydrogens is 416 g/mol. The number of hydrogen-bond donors (Lipinski definition) is 2. The van der Waals surface area contributed by atoms with Crippen LogP contribution >= 0.6 is 12.2 Å². The summed E-state index contributed by atoms with van der Waals surface area (Å²) in [5.41, 5.74) is 6.95. The fourth-order valence-electron chi connectivity index (χ4n) is 3.38. The van der Waals surface area contributed by atoms with E-state index in [-0.39, 0.29) is 12.5 Å². The van der Waals surface area contributed by atoms with Crippen LogP contribution < -0.4 is 10.2 Å². The summed E-state index contributed by atoms with van der Waals surface area (Å²) < 4.78 is 0. The molecule has 3 aromatic rings. The number of rotatable bonds is 6. The zero-order chi connectivity index (χ0) is 23.1. The summed E-state index contributed by atoms with van der Waals surface area (Å²) >= 11 is 5.66. The molecule has 0 fully saturated rings. The van der Waals surface area contributed by atoms with Gasteiger partial charge in [0.15, 0.2) is 5.11 Å². The number of benzene rings is 3. The minimum Gasteiger partial charge on any atom is -0.392 e. The van der Waals surface area contributed by atoms with Gasteiger partial charge in [-0.15, -0.1) is 0 Å². The highest BCUT2D eigenvalue weighted by Crippen LogP contribution is 2.25. The molecule has 0 aliphatic rings. The minimum absolute atomic E-state index is 0.0603. The fourth-order valence-corrected chi connectivity index (χ4v) is 3.64. The van der Waals surface area contributed by atoms with Crippen molar-refractivity contribution in [2.45, 2.75) is 33.9 Å². The normalized spacial score (nSPS) is 10.9. The van der Waals surface area contributed by atoms with Gasteiger partial charge in [0.1, 0.15) is 0 Å². The third-order valence-corrected chi connectivity index (χ3v) is 5.57. The van der Waals surface area contributed by atoms with Crippen molar-refractivity contribution in [3.8, 4) is 0 Å². The Kier molecular flexibility index (Phi) is 7.92. The molecule has 1 amide bonds. The number of amides is 1. The highest BCUT2D eigenvalue weighted by Gasteiger charge is 2.18. The topological polar surface area (TPSA) is 52.6 Å². The van der Waals surface area contributed by atoms with Gasteiger partial charge in [0.2, 0.25) is 5.91 Å². The van der Waals surface area contributed by atoms with E-state index in [9.17, 15) is 9.90 Å². The number of carbonyl (C=O) groups excluding carboxylic acids is 1. The second-order valence-corrected chi connectivity index (χ2v) is 8.23. The first-order valence-electron chi connectivity index (χ1n) is 10.5. The first kappa shape index (κ1) is 23.4. The van der Waals surface area contributed by atoms with Gasteiger partial charge in [0.25, 0.3) is 0 Å². The summed E-state index contributed by atoms with van der Waals surface area (Å²) in [7, 11) is 0. The number of hydrogen-bond acceptors (Lipinski definition) is 3. The van der Waals surface area contributed by atoms with Crippen LogP contribution in [0, 0.1) is 20.8 Å². The van der Waals surface area contributed by atoms with Gasteiger partial charge in [-0.25, -0.2) is 0 Å². The molecule has 0 radical (unpaired) electrons. The van der Waals surface area contributed by atoms with Crippen molar-refractivity contribution >= 4 is 35.0 Å². The van der Waals surface area contributed by atoms with Gasteiger partial charge < -0.3 is 10.0 Å². The summed E-state index contributed by atoms with van der Waals surface area (Å²) in [5.74, 6) is -0.290. The lowest BCUT2D eigenvalue weighted by atomic mass is 10.1. The Morgan fingerprint density at radius 2 is 1.62 bits per heavy atom. The van der Waals surface area contributed by atoms with E-state index < -0.39 is 0 Å². The summed E-state index contributed by atoms with van der Waals surface area (Å²) in [4.78, 5) is 14.5. The van der Waals surface area contributed by atoms with E-state index in [4.69, 9.17) is 12.2 Å². The summed E-state index contributed by atoms with van der Waals surface area (Å²) in [6.07, 6.45) is 3.25. The quantitative estimate of drug-likeness (QED) is 0.404. The SMILES string of the molecule is Cc1ccc(/C=C/C(=O)NC(=S)N(Cc2ccccc2CO)c2cc(C)ccc2C)cc1. The van der Waals surface area contributed by atoms with Gasteiger partial charge >= 0.3 is 0 Å². The standard InChI is InChI=1S/C27H28N2O2S/c1-19-9-12-22(13-10-19)14-15-26(31)28-27(32)29(25-16-20(2)8-11-21(25)3)17-23-6-4-5-7-24(23)18-30/h4-16,30H,17-18H2,1-3H3,(H,28,31,32)/b15-14+. The van der Waals surface area contributed by atoms with Crippen LogP contribution in [-0.2, 0) is 17.9 Å². The number of anilines is 1. The van der Waals surface area contributed by atoms with Crippen molar-refractivity contribution in [1.29, 1.82) is 0 Å². The molecule has 32 heavy (non-hydrogen) atoms. The molecule has 0 bridgehead atoms. The molecule has 0 saturated carbocycles. The maximum atomic E-state index is 12.6. The Morgan fingerprint density at radius 3 is 2.31 bits per heavy atom. The second-order valence-electron chi connectivity index (χ2n) is 7.84. The van der Waals surface area contributed by atoms with E-state index in [1.54, 1.807) is 6.08 Å². The fraction of sp³-hybridized carbons (Fsp3) is 0.185. The van der Waals surface area contributed by atoms with Crippen molar-refractivity contribution in [2.75, 3.05) is 4.90 Å². The van der Waals surface area contributed by atoms with E-state index in [0.717, 1.165) is 33.5 Å². The van der Waals surface area contributed by atoms with Crippen LogP contribution in [-0.4, -0.2) is 16.1 Å². The molecule has 3 rings (SSSR count). The average Bonchev–Trinajstić information content (AvgIpc) is 2.79. The second kappa shape index (κ2) is 10.8. The minimum atomic E-state index is -0.290. The molecule has 0 saturated heterocycles. The summed E-state index contributed by atoms with van der Waals surface area (Å²) in [6.45, 7) is 6.43. The predicted molar refractivity (Wildman–Crippen MR) is 135 cm³/mol. The van der Waals surface area contributed by atoms with Crippen LogP contribution in [0.1, 0.15) is 33.4 Å². The molecule has 2 N–H and O–H groups in total. The van der Waals surface area contributed by atoms with Crippen molar-refractivity contribution in [1.82, 2.24) is 5.32 Å². The molecule has 4 nitrogen and oxygen atoms in total. The van der Waals surface area contributed by atoms with E-state index in [1.165, 1.54) is 11.6 Å². The van der Waals surface area contributed by atoms with E-state index in [1.807, 2.05) is 86.3 Å². The predicted octanol–water partition coefficient (Wildman–Crippen LogP) is 5.23. The maximum Gasteiger partial charge on any atom is 0.250 e. The molecule has 0 aromatic heterocycles. The van der Waals surface area contributed by atoms with Gasteiger partial charge in [-0.1, -0.05) is 66.2 Å². The molecule has 164 valence electrons. The smallest absolute Gasteiger partial charge is 0.250 e. The van der Waals surface area contributed by atoms with Gasteiger partial charge in [0.05, 0.1) is 13.2 Å². The van der Waals surface area contributed by atoms with Crippen molar-refractivity contribution < 1.29 is 9.90 Å². The molecule has 0 aliphatic heterocycles. The van der Waals surface area contributed by atoms with Gasteiger partial charge in [-0.3, -0.25) is 10.1 Å². The van der Waals surface area contributed by atoms with Crippen molar-refractivity contribution in [2.24, 2.45) is 0 Å². The van der Waals surface area contributed by atoms with Crippen molar-refractivity contribution in [3.05, 3.63) is 106 Å². The third kappa shape index (κ3) is 6.13. The zero-order valence-electron chi connectivity index (χ0n) is 18.6. The zero-order valence-corrected chi connectivity index (χ0v) is 19.4. The number of aryl methyl sites for hydroxylation is 3. The highest BCUT2D eigenvalue weighted by atomic mass is 32.1. The lowest BCUT2D eigenvalue weighted by Crippen LogP contribution is -2.42. The van der Waals surface area contributed by atoms with Crippen LogP contribution in [0.25, 0.3) is 6.08 Å². The number of aliphatic hydroxyl groups excluding tert-OH is 1. The van der Waals surface area contributed by atoms with E-state index in [0.29, 0.717) is 11.7 Å². The Bertz CT molecular complexity index is 1140. The number of nitrogens with one attached hydrogen (secondary N) is 1. The van der Waals surface area contributed by atoms with Crippen LogP contribution in [0.5, 0.6) is 0 Å². The van der Waals surface area contributed by atoms with Gasteiger partial charge in [-0.2, -0.15) is 0 Å². The molecule has 0 atom stereocenters. The van der Waals surface area contributed by atoms with Gasteiger partial charge in [0, 0.05) is 11.8 Å². The van der Waals surface area contributed by atoms with E-state index in [2.05, 4.69) is 11.4 Å². The molecule has 3 aromatic carbocycles. The lowest BCUT2D eigenvalue weighted by molar-refractivity contribution is -0.115. The van der Waals surface area contributed by atoms with Gasteiger partial charge in [-0.05, 0) is 72.9 Å². The Balaban J connectivity index is 1.85. The highest BCUT2D eigenvalue weighted by molar-refractivity contribution is 7.80. The molecule has 0 aliphatic carbocycles. The largest absolute Gasteiger partial charge is 0.392 e. The average molecular weight is 445 g/mol. The first-order chi connectivity index (χ1) is 15.4. The molecule has 5 heteroatoms. The number of carbonyl (C=O) groups is 1. The van der Waals surface area contributed by atoms with E-state index >= 15 is 0 Å². The molecule has 0 unspecified atom stereocenters. The monoisotopic (exact) mass is 444 g/mol. The lowest BCUT2D eigenvalue weighted by Gasteiger charge is -2.28. The maximum absolute atomic E-state index is 12.6. The molecule has 0 spiro atoms. The number of aliphatic hydroxyl groups is 1. The number of nitrogens with zero attached hydrogens (tertiary/aromatic N) is 1. The number of thiocarbonyl (C=S) groups is 1. The van der Waals surface area contributed by atoms with Crippen LogP contribution in [0.15, 0.2) is 72.8 Å². The molecular formula is C27H28N2O2S. The Labute approximate surface area is 195 Å². The van der Waals surface area contributed by atoms with Crippen molar-refractivity contribution in [3.63, 3.8) is 0 Å².